The van der Waals surface area contributed by atoms with Gasteiger partial charge in [0.1, 0.15) is 6.33 Å². The van der Waals surface area contributed by atoms with Gasteiger partial charge in [-0.2, -0.15) is 0 Å². The van der Waals surface area contributed by atoms with E-state index in [-0.39, 0.29) is 18.0 Å². The summed E-state index contributed by atoms with van der Waals surface area (Å²) in [6, 6.07) is 1.13. The van der Waals surface area contributed by atoms with Crippen LogP contribution in [0.3, 0.4) is 0 Å². The number of nitrogens with one attached hydrogen (secondary N) is 2. The highest BCUT2D eigenvalue weighted by atomic mass is 16.4. The molecule has 3 rings (SSSR count). The maximum atomic E-state index is 12.0. The Morgan fingerprint density at radius 1 is 1.33 bits per heavy atom. The summed E-state index contributed by atoms with van der Waals surface area (Å²) >= 11 is 0. The number of carbonyl (C=O) groups is 2. The van der Waals surface area contributed by atoms with Crippen molar-refractivity contribution in [1.82, 2.24) is 20.6 Å². The fraction of sp³-hybridized carbons (Fsp3) is 0.571. The molecule has 2 saturated carbocycles. The average Bonchev–Trinajstić information content (AvgIpc) is 3.07. The van der Waals surface area contributed by atoms with Crippen molar-refractivity contribution in [3.05, 3.63) is 24.3 Å². The summed E-state index contributed by atoms with van der Waals surface area (Å²) < 4.78 is 0. The number of carboxylic acids is 1. The van der Waals surface area contributed by atoms with E-state index in [0.717, 1.165) is 19.3 Å². The fourth-order valence-electron chi connectivity index (χ4n) is 3.65. The number of amides is 2. The zero-order valence-corrected chi connectivity index (χ0v) is 11.5. The molecule has 0 aliphatic heterocycles. The topological polar surface area (TPSA) is 104 Å². The van der Waals surface area contributed by atoms with Crippen molar-refractivity contribution in [2.24, 2.45) is 17.8 Å². The third-order valence-corrected chi connectivity index (χ3v) is 4.57. The van der Waals surface area contributed by atoms with Gasteiger partial charge in [-0.05, 0) is 37.2 Å². The van der Waals surface area contributed by atoms with Crippen LogP contribution in [0, 0.1) is 17.8 Å². The highest BCUT2D eigenvalue weighted by Gasteiger charge is 2.51. The first kappa shape index (κ1) is 13.8. The lowest BCUT2D eigenvalue weighted by Gasteiger charge is -2.28. The van der Waals surface area contributed by atoms with Crippen molar-refractivity contribution < 1.29 is 14.7 Å². The molecule has 4 unspecified atom stereocenters. The van der Waals surface area contributed by atoms with Gasteiger partial charge in [0.25, 0.3) is 0 Å². The van der Waals surface area contributed by atoms with Gasteiger partial charge in [0.2, 0.25) is 0 Å². The Labute approximate surface area is 122 Å². The summed E-state index contributed by atoms with van der Waals surface area (Å²) in [5.41, 5.74) is 0.711. The molecule has 21 heavy (non-hydrogen) atoms. The van der Waals surface area contributed by atoms with Crippen LogP contribution >= 0.6 is 0 Å². The first-order chi connectivity index (χ1) is 10.1. The van der Waals surface area contributed by atoms with Gasteiger partial charge in [-0.25, -0.2) is 14.8 Å². The number of fused-ring (bicyclic) bond motifs is 2. The second-order valence-electron chi connectivity index (χ2n) is 5.75. The van der Waals surface area contributed by atoms with E-state index < -0.39 is 11.9 Å². The van der Waals surface area contributed by atoms with Gasteiger partial charge in [0, 0.05) is 12.2 Å². The molecule has 112 valence electrons. The first-order valence-corrected chi connectivity index (χ1v) is 7.17. The summed E-state index contributed by atoms with van der Waals surface area (Å²) in [5, 5.41) is 14.9. The summed E-state index contributed by atoms with van der Waals surface area (Å²) in [6.45, 7) is 0.299. The van der Waals surface area contributed by atoms with Gasteiger partial charge < -0.3 is 15.7 Å². The predicted molar refractivity (Wildman–Crippen MR) is 73.1 cm³/mol. The van der Waals surface area contributed by atoms with Crippen LogP contribution in [0.2, 0.25) is 0 Å². The largest absolute Gasteiger partial charge is 0.481 e. The highest BCUT2D eigenvalue weighted by Crippen LogP contribution is 2.48. The minimum Gasteiger partial charge on any atom is -0.481 e. The number of nitrogens with zero attached hydrogens (tertiary/aromatic N) is 2. The van der Waals surface area contributed by atoms with E-state index in [0.29, 0.717) is 18.2 Å². The lowest BCUT2D eigenvalue weighted by molar-refractivity contribution is -0.144. The molecule has 3 N–H and O–H groups in total. The standard InChI is InChI=1S/C14H18N4O3/c19-13(20)11-8-1-2-9(5-8)12(11)18-14(21)16-6-10-3-4-15-7-17-10/h3-4,7-9,11-12H,1-2,5-6H2,(H,19,20)(H2,16,18,21). The zero-order chi connectivity index (χ0) is 14.8. The van der Waals surface area contributed by atoms with Crippen molar-refractivity contribution in [3.8, 4) is 0 Å². The molecular weight excluding hydrogens is 272 g/mol. The SMILES string of the molecule is O=C(NCc1ccncn1)NC1C2CCC(C2)C1C(=O)O. The van der Waals surface area contributed by atoms with Crippen molar-refractivity contribution >= 4 is 12.0 Å². The number of aliphatic carboxylic acids is 1. The molecule has 1 aromatic heterocycles. The molecule has 0 aromatic carbocycles. The number of hydrogen-bond acceptors (Lipinski definition) is 4. The first-order valence-electron chi connectivity index (χ1n) is 7.17. The Morgan fingerprint density at radius 3 is 2.86 bits per heavy atom. The van der Waals surface area contributed by atoms with Crippen LogP contribution in [0.4, 0.5) is 4.79 Å². The van der Waals surface area contributed by atoms with Gasteiger partial charge in [-0.3, -0.25) is 4.79 Å². The van der Waals surface area contributed by atoms with Crippen LogP contribution in [0.1, 0.15) is 25.0 Å². The lowest BCUT2D eigenvalue weighted by atomic mass is 9.84. The Morgan fingerprint density at radius 2 is 2.14 bits per heavy atom. The number of aromatic nitrogens is 2. The lowest BCUT2D eigenvalue weighted by Crippen LogP contribution is -2.50. The van der Waals surface area contributed by atoms with Crippen molar-refractivity contribution in [2.75, 3.05) is 0 Å². The van der Waals surface area contributed by atoms with E-state index in [1.165, 1.54) is 6.33 Å². The molecule has 1 heterocycles. The van der Waals surface area contributed by atoms with Crippen molar-refractivity contribution in [1.29, 1.82) is 0 Å². The molecule has 2 amide bonds. The Bertz CT molecular complexity index is 536. The summed E-state index contributed by atoms with van der Waals surface area (Å²) in [5.74, 6) is -0.752. The normalized spacial score (nSPS) is 30.1. The third-order valence-electron chi connectivity index (χ3n) is 4.57. The Hall–Kier alpha value is -2.18. The number of carbonyl (C=O) groups excluding carboxylic acids is 1. The molecule has 2 fully saturated rings. The van der Waals surface area contributed by atoms with Crippen LogP contribution in [-0.4, -0.2) is 33.1 Å². The second-order valence-corrected chi connectivity index (χ2v) is 5.75. The van der Waals surface area contributed by atoms with E-state index in [1.807, 2.05) is 0 Å². The van der Waals surface area contributed by atoms with E-state index in [4.69, 9.17) is 0 Å². The number of rotatable bonds is 4. The quantitative estimate of drug-likeness (QED) is 0.760. The molecule has 2 aliphatic rings. The van der Waals surface area contributed by atoms with Gasteiger partial charge in [0.05, 0.1) is 18.2 Å². The van der Waals surface area contributed by atoms with Gasteiger partial charge in [-0.15, -0.1) is 0 Å². The van der Waals surface area contributed by atoms with E-state index >= 15 is 0 Å². The molecular formula is C14H18N4O3. The van der Waals surface area contributed by atoms with E-state index in [1.54, 1.807) is 12.3 Å². The zero-order valence-electron chi connectivity index (χ0n) is 11.5. The van der Waals surface area contributed by atoms with Gasteiger partial charge >= 0.3 is 12.0 Å². The molecule has 1 aromatic rings. The predicted octanol–water partition coefficient (Wildman–Crippen LogP) is 0.775. The number of hydrogen-bond donors (Lipinski definition) is 3. The molecule has 7 heteroatoms. The molecule has 0 spiro atoms. The fourth-order valence-corrected chi connectivity index (χ4v) is 3.65. The van der Waals surface area contributed by atoms with Crippen LogP contribution in [-0.2, 0) is 11.3 Å². The third kappa shape index (κ3) is 2.81. The molecule has 0 radical (unpaired) electrons. The summed E-state index contributed by atoms with van der Waals surface area (Å²) in [7, 11) is 0. The smallest absolute Gasteiger partial charge is 0.315 e. The van der Waals surface area contributed by atoms with E-state index in [9.17, 15) is 14.7 Å². The minimum atomic E-state index is -0.802. The van der Waals surface area contributed by atoms with Crippen molar-refractivity contribution in [2.45, 2.75) is 31.8 Å². The van der Waals surface area contributed by atoms with Crippen LogP contribution in [0.5, 0.6) is 0 Å². The monoisotopic (exact) mass is 290 g/mol. The maximum absolute atomic E-state index is 12.0. The van der Waals surface area contributed by atoms with Crippen LogP contribution in [0.25, 0.3) is 0 Å². The summed E-state index contributed by atoms with van der Waals surface area (Å²) in [6.07, 6.45) is 5.91. The van der Waals surface area contributed by atoms with Gasteiger partial charge in [-0.1, -0.05) is 0 Å². The molecule has 4 atom stereocenters. The Balaban J connectivity index is 1.56. The molecule has 2 bridgehead atoms. The van der Waals surface area contributed by atoms with Crippen LogP contribution < -0.4 is 10.6 Å². The molecule has 2 aliphatic carbocycles. The number of carboxylic acid groups (broad SMARTS) is 1. The van der Waals surface area contributed by atoms with Crippen LogP contribution in [0.15, 0.2) is 18.6 Å². The highest BCUT2D eigenvalue weighted by molar-refractivity contribution is 5.77. The second kappa shape index (κ2) is 5.67. The average molecular weight is 290 g/mol. The van der Waals surface area contributed by atoms with Gasteiger partial charge in [0.15, 0.2) is 0 Å². The number of urea groups is 1. The molecule has 0 saturated heterocycles. The Kier molecular flexibility index (Phi) is 3.72. The van der Waals surface area contributed by atoms with E-state index in [2.05, 4.69) is 20.6 Å². The maximum Gasteiger partial charge on any atom is 0.315 e. The summed E-state index contributed by atoms with van der Waals surface area (Å²) in [4.78, 5) is 31.2. The molecule has 7 nitrogen and oxygen atoms in total. The minimum absolute atomic E-state index is 0.208. The van der Waals surface area contributed by atoms with Crippen molar-refractivity contribution in [3.63, 3.8) is 0 Å².